The maximum Gasteiger partial charge on any atom is 0.287 e. The number of hydrogen-bond acceptors (Lipinski definition) is 5. The van der Waals surface area contributed by atoms with Gasteiger partial charge in [0, 0.05) is 38.3 Å². The van der Waals surface area contributed by atoms with E-state index in [2.05, 4.69) is 15.4 Å². The van der Waals surface area contributed by atoms with Crippen molar-refractivity contribution in [3.63, 3.8) is 0 Å². The summed E-state index contributed by atoms with van der Waals surface area (Å²) in [4.78, 5) is 31.3. The van der Waals surface area contributed by atoms with E-state index < -0.39 is 0 Å². The lowest BCUT2D eigenvalue weighted by atomic mass is 9.90. The molecule has 1 saturated carbocycles. The first-order valence-corrected chi connectivity index (χ1v) is 10.4. The fraction of sp³-hybridized carbons (Fsp3) is 0.455. The molecule has 0 bridgehead atoms. The number of pyridine rings is 1. The summed E-state index contributed by atoms with van der Waals surface area (Å²) in [5.41, 5.74) is 2.46. The summed E-state index contributed by atoms with van der Waals surface area (Å²) in [6.07, 6.45) is 8.09. The van der Waals surface area contributed by atoms with E-state index in [-0.39, 0.29) is 17.2 Å². The third-order valence-corrected chi connectivity index (χ3v) is 6.79. The van der Waals surface area contributed by atoms with E-state index in [0.29, 0.717) is 29.5 Å². The molecule has 3 aromatic rings. The minimum atomic E-state index is -0.187. The van der Waals surface area contributed by atoms with Crippen LogP contribution in [0, 0.1) is 18.3 Å². The fourth-order valence-corrected chi connectivity index (χ4v) is 4.79. The number of amides is 2. The fourth-order valence-electron chi connectivity index (χ4n) is 4.79. The van der Waals surface area contributed by atoms with Gasteiger partial charge in [0.05, 0.1) is 12.4 Å². The Kier molecular flexibility index (Phi) is 4.38. The lowest BCUT2D eigenvalue weighted by molar-refractivity contribution is 0.0657. The van der Waals surface area contributed by atoms with Crippen LogP contribution in [0.25, 0.3) is 11.0 Å². The summed E-state index contributed by atoms with van der Waals surface area (Å²) >= 11 is 0. The summed E-state index contributed by atoms with van der Waals surface area (Å²) in [5, 5.41) is 8.08. The van der Waals surface area contributed by atoms with Gasteiger partial charge in [-0.2, -0.15) is 5.10 Å². The molecule has 8 nitrogen and oxygen atoms in total. The molecule has 1 atom stereocenters. The predicted molar refractivity (Wildman–Crippen MR) is 110 cm³/mol. The van der Waals surface area contributed by atoms with Gasteiger partial charge in [-0.05, 0) is 55.2 Å². The maximum absolute atomic E-state index is 12.9. The second-order valence-corrected chi connectivity index (χ2v) is 8.59. The van der Waals surface area contributed by atoms with Gasteiger partial charge < -0.3 is 14.6 Å². The Morgan fingerprint density at radius 3 is 2.80 bits per heavy atom. The number of nitrogens with zero attached hydrogens (tertiary/aromatic N) is 4. The van der Waals surface area contributed by atoms with Crippen LogP contribution >= 0.6 is 0 Å². The predicted octanol–water partition coefficient (Wildman–Crippen LogP) is 2.54. The first-order chi connectivity index (χ1) is 14.5. The van der Waals surface area contributed by atoms with Gasteiger partial charge in [-0.3, -0.25) is 19.3 Å². The molecule has 8 heteroatoms. The van der Waals surface area contributed by atoms with Gasteiger partial charge in [0.1, 0.15) is 5.69 Å². The molecular formula is C22H25N5O3. The van der Waals surface area contributed by atoms with Crippen LogP contribution in [0.15, 0.2) is 35.1 Å². The largest absolute Gasteiger partial charge is 0.449 e. The van der Waals surface area contributed by atoms with Crippen LogP contribution in [-0.4, -0.2) is 51.1 Å². The van der Waals surface area contributed by atoms with E-state index in [1.807, 2.05) is 24.9 Å². The van der Waals surface area contributed by atoms with E-state index in [1.54, 1.807) is 29.3 Å². The highest BCUT2D eigenvalue weighted by atomic mass is 16.3. The van der Waals surface area contributed by atoms with Gasteiger partial charge in [0.15, 0.2) is 11.3 Å². The summed E-state index contributed by atoms with van der Waals surface area (Å²) in [5.74, 6) is 0.655. The van der Waals surface area contributed by atoms with Crippen molar-refractivity contribution >= 4 is 22.8 Å². The van der Waals surface area contributed by atoms with E-state index >= 15 is 0 Å². The van der Waals surface area contributed by atoms with Crippen molar-refractivity contribution in [2.45, 2.75) is 26.2 Å². The molecule has 1 aliphatic heterocycles. The van der Waals surface area contributed by atoms with E-state index in [9.17, 15) is 9.59 Å². The third-order valence-electron chi connectivity index (χ3n) is 6.79. The van der Waals surface area contributed by atoms with Gasteiger partial charge in [-0.25, -0.2) is 0 Å². The number of aryl methyl sites for hydroxylation is 2. The lowest BCUT2D eigenvalue weighted by Crippen LogP contribution is -2.41. The number of aromatic nitrogens is 3. The molecule has 4 heterocycles. The molecule has 1 N–H and O–H groups in total. The summed E-state index contributed by atoms with van der Waals surface area (Å²) in [6, 6.07) is 3.58. The zero-order valence-corrected chi connectivity index (χ0v) is 17.2. The number of rotatable bonds is 4. The van der Waals surface area contributed by atoms with Crippen molar-refractivity contribution in [1.82, 2.24) is 25.0 Å². The molecule has 0 radical (unpaired) electrons. The summed E-state index contributed by atoms with van der Waals surface area (Å²) in [7, 11) is 1.81. The van der Waals surface area contributed by atoms with E-state index in [4.69, 9.17) is 4.42 Å². The molecule has 5 rings (SSSR count). The highest BCUT2D eigenvalue weighted by molar-refractivity contribution is 5.96. The van der Waals surface area contributed by atoms with Crippen molar-refractivity contribution in [3.05, 3.63) is 47.7 Å². The van der Waals surface area contributed by atoms with E-state index in [0.717, 1.165) is 43.3 Å². The Morgan fingerprint density at radius 1 is 1.30 bits per heavy atom. The number of fused-ring (bicyclic) bond motifs is 1. The highest BCUT2D eigenvalue weighted by Gasteiger charge is 2.55. The number of piperidine rings is 1. The zero-order chi connectivity index (χ0) is 20.9. The number of likely N-dealkylation sites (tertiary alicyclic amines) is 1. The van der Waals surface area contributed by atoms with Crippen LogP contribution < -0.4 is 5.32 Å². The molecule has 1 saturated heterocycles. The number of carbonyl (C=O) groups is 2. The number of furan rings is 1. The van der Waals surface area contributed by atoms with Crippen LogP contribution in [-0.2, 0) is 7.05 Å². The first kappa shape index (κ1) is 18.8. The lowest BCUT2D eigenvalue weighted by Gasteiger charge is -2.33. The quantitative estimate of drug-likeness (QED) is 0.717. The minimum Gasteiger partial charge on any atom is -0.449 e. The van der Waals surface area contributed by atoms with Gasteiger partial charge in [-0.15, -0.1) is 0 Å². The third kappa shape index (κ3) is 3.16. The molecular weight excluding hydrogens is 382 g/mol. The van der Waals surface area contributed by atoms with Crippen LogP contribution in [0.1, 0.15) is 45.9 Å². The molecule has 30 heavy (non-hydrogen) atoms. The maximum atomic E-state index is 12.9. The SMILES string of the molecule is Cc1cnn(C)c1C(=O)N1CCC2(CC1)CC2CNC(=O)c1cc2ccncc2o1. The summed E-state index contributed by atoms with van der Waals surface area (Å²) < 4.78 is 7.25. The number of hydrogen-bond donors (Lipinski definition) is 1. The van der Waals surface area contributed by atoms with Gasteiger partial charge in [0.2, 0.25) is 0 Å². The summed E-state index contributed by atoms with van der Waals surface area (Å²) in [6.45, 7) is 4.07. The number of nitrogens with one attached hydrogen (secondary N) is 1. The molecule has 3 aromatic heterocycles. The molecule has 2 fully saturated rings. The van der Waals surface area contributed by atoms with Crippen molar-refractivity contribution in [2.24, 2.45) is 18.4 Å². The normalized spacial score (nSPS) is 19.9. The van der Waals surface area contributed by atoms with Crippen LogP contribution in [0.4, 0.5) is 0 Å². The molecule has 1 aliphatic carbocycles. The van der Waals surface area contributed by atoms with Gasteiger partial charge in [0.25, 0.3) is 11.8 Å². The topological polar surface area (TPSA) is 93.3 Å². The highest BCUT2D eigenvalue weighted by Crippen LogP contribution is 2.59. The smallest absolute Gasteiger partial charge is 0.287 e. The zero-order valence-electron chi connectivity index (χ0n) is 17.2. The second kappa shape index (κ2) is 6.97. The van der Waals surface area contributed by atoms with Crippen molar-refractivity contribution < 1.29 is 14.0 Å². The molecule has 1 spiro atoms. The van der Waals surface area contributed by atoms with E-state index in [1.165, 1.54) is 0 Å². The van der Waals surface area contributed by atoms with Crippen LogP contribution in [0.3, 0.4) is 0 Å². The Morgan fingerprint density at radius 2 is 2.10 bits per heavy atom. The first-order valence-electron chi connectivity index (χ1n) is 10.4. The van der Waals surface area contributed by atoms with Crippen molar-refractivity contribution in [2.75, 3.05) is 19.6 Å². The van der Waals surface area contributed by atoms with Gasteiger partial charge >= 0.3 is 0 Å². The molecule has 0 aromatic carbocycles. The Bertz CT molecular complexity index is 1070. The molecule has 1 unspecified atom stereocenters. The Labute approximate surface area is 174 Å². The van der Waals surface area contributed by atoms with Crippen molar-refractivity contribution in [1.29, 1.82) is 0 Å². The Balaban J connectivity index is 1.15. The second-order valence-electron chi connectivity index (χ2n) is 8.59. The van der Waals surface area contributed by atoms with Gasteiger partial charge in [-0.1, -0.05) is 0 Å². The molecule has 156 valence electrons. The number of carbonyl (C=O) groups excluding carboxylic acids is 2. The Hall–Kier alpha value is -3.16. The average molecular weight is 407 g/mol. The molecule has 2 amide bonds. The standard InChI is InChI=1S/C22H25N5O3/c1-14-11-25-26(2)19(14)21(29)27-7-4-22(5-8-27)10-16(22)12-24-20(28)17-9-15-3-6-23-13-18(15)30-17/h3,6,9,11,13,16H,4-5,7-8,10,12H2,1-2H3,(H,24,28). The average Bonchev–Trinajstić information content (AvgIpc) is 3.08. The minimum absolute atomic E-state index is 0.0622. The molecule has 2 aliphatic rings. The monoisotopic (exact) mass is 407 g/mol. The van der Waals surface area contributed by atoms with Crippen LogP contribution in [0.2, 0.25) is 0 Å². The van der Waals surface area contributed by atoms with Crippen molar-refractivity contribution in [3.8, 4) is 0 Å². The van der Waals surface area contributed by atoms with Crippen LogP contribution in [0.5, 0.6) is 0 Å².